The average Bonchev–Trinajstić information content (AvgIpc) is 2.38. The average molecular weight is 275 g/mol. The van der Waals surface area contributed by atoms with Gasteiger partial charge in [-0.15, -0.1) is 0 Å². The van der Waals surface area contributed by atoms with Gasteiger partial charge in [-0.1, -0.05) is 12.1 Å². The summed E-state index contributed by atoms with van der Waals surface area (Å²) in [6.07, 6.45) is 0.440. The van der Waals surface area contributed by atoms with Crippen molar-refractivity contribution in [2.45, 2.75) is 13.3 Å². The minimum atomic E-state index is -0.595. The minimum Gasteiger partial charge on any atom is -0.385 e. The molecular weight excluding hydrogens is 260 g/mol. The Labute approximate surface area is 116 Å². The molecule has 20 heavy (non-hydrogen) atoms. The van der Waals surface area contributed by atoms with Crippen molar-refractivity contribution in [2.75, 3.05) is 11.9 Å². The number of Topliss-reactive ketones (excluding diaryl/α,β-unsaturated/α-hetero) is 1. The van der Waals surface area contributed by atoms with Crippen LogP contribution in [0.5, 0.6) is 0 Å². The van der Waals surface area contributed by atoms with Crippen molar-refractivity contribution >= 4 is 11.5 Å². The van der Waals surface area contributed by atoms with E-state index in [4.69, 9.17) is 0 Å². The Kier molecular flexibility index (Phi) is 4.45. The third kappa shape index (κ3) is 3.63. The summed E-state index contributed by atoms with van der Waals surface area (Å²) >= 11 is 0. The maximum atomic E-state index is 13.7. The number of hydrogen-bond acceptors (Lipinski definition) is 2. The van der Waals surface area contributed by atoms with E-state index in [0.717, 1.165) is 11.8 Å². The van der Waals surface area contributed by atoms with Gasteiger partial charge >= 0.3 is 0 Å². The fraction of sp³-hybridized carbons (Fsp3) is 0.188. The molecule has 0 bridgehead atoms. The van der Waals surface area contributed by atoms with Crippen LogP contribution in [0.4, 0.5) is 14.5 Å². The van der Waals surface area contributed by atoms with Gasteiger partial charge in [0.2, 0.25) is 0 Å². The molecule has 104 valence electrons. The predicted molar refractivity (Wildman–Crippen MR) is 75.6 cm³/mol. The van der Waals surface area contributed by atoms with Crippen LogP contribution in [0.1, 0.15) is 13.3 Å². The molecule has 0 fully saturated rings. The lowest BCUT2D eigenvalue weighted by Gasteiger charge is -2.08. The maximum absolute atomic E-state index is 13.7. The number of hydrogen-bond donors (Lipinski definition) is 1. The molecule has 0 saturated heterocycles. The molecule has 0 spiro atoms. The second kappa shape index (κ2) is 6.28. The van der Waals surface area contributed by atoms with Gasteiger partial charge in [0.25, 0.3) is 0 Å². The van der Waals surface area contributed by atoms with Gasteiger partial charge in [0.1, 0.15) is 17.4 Å². The van der Waals surface area contributed by atoms with Crippen LogP contribution in [0.2, 0.25) is 0 Å². The molecule has 4 heteroatoms. The van der Waals surface area contributed by atoms with E-state index < -0.39 is 11.6 Å². The molecule has 2 nitrogen and oxygen atoms in total. The molecule has 0 aromatic heterocycles. The Balaban J connectivity index is 2.18. The summed E-state index contributed by atoms with van der Waals surface area (Å²) < 4.78 is 26.6. The Hall–Kier alpha value is -2.23. The summed E-state index contributed by atoms with van der Waals surface area (Å²) in [5.74, 6) is -1.08. The van der Waals surface area contributed by atoms with E-state index in [9.17, 15) is 13.6 Å². The minimum absolute atomic E-state index is 0.109. The molecule has 2 rings (SSSR count). The van der Waals surface area contributed by atoms with Gasteiger partial charge in [-0.3, -0.25) is 4.79 Å². The van der Waals surface area contributed by atoms with E-state index >= 15 is 0 Å². The summed E-state index contributed by atoms with van der Waals surface area (Å²) in [6, 6.07) is 10.7. The molecular formula is C16H15F2NO. The van der Waals surface area contributed by atoms with Gasteiger partial charge < -0.3 is 5.32 Å². The Bertz CT molecular complexity index is 626. The highest BCUT2D eigenvalue weighted by Gasteiger charge is 2.07. The third-order valence-corrected chi connectivity index (χ3v) is 2.91. The van der Waals surface area contributed by atoms with E-state index in [1.54, 1.807) is 18.2 Å². The third-order valence-electron chi connectivity index (χ3n) is 2.91. The number of rotatable bonds is 5. The van der Waals surface area contributed by atoms with Crippen LogP contribution in [-0.4, -0.2) is 12.3 Å². The standard InChI is InChI=1S/C16H15F2NO/c1-11(20)7-8-19-14-4-2-3-12(9-14)15-6-5-13(17)10-16(15)18/h2-6,9-10,19H,7-8H2,1H3. The second-order valence-electron chi connectivity index (χ2n) is 4.58. The summed E-state index contributed by atoms with van der Waals surface area (Å²) in [5, 5.41) is 3.10. The molecule has 0 atom stereocenters. The largest absolute Gasteiger partial charge is 0.385 e. The van der Waals surface area contributed by atoms with Gasteiger partial charge in [0.15, 0.2) is 0 Å². The zero-order valence-electron chi connectivity index (χ0n) is 11.1. The highest BCUT2D eigenvalue weighted by atomic mass is 19.1. The molecule has 0 heterocycles. The Morgan fingerprint density at radius 3 is 2.65 bits per heavy atom. The molecule has 0 aliphatic heterocycles. The number of halogens is 2. The lowest BCUT2D eigenvalue weighted by Crippen LogP contribution is -2.05. The van der Waals surface area contributed by atoms with Gasteiger partial charge in [-0.25, -0.2) is 8.78 Å². The lowest BCUT2D eigenvalue weighted by molar-refractivity contribution is -0.116. The number of nitrogens with one attached hydrogen (secondary N) is 1. The summed E-state index contributed by atoms with van der Waals surface area (Å²) in [4.78, 5) is 10.9. The van der Waals surface area contributed by atoms with Crippen molar-refractivity contribution in [1.82, 2.24) is 0 Å². The molecule has 0 saturated carbocycles. The molecule has 0 amide bonds. The molecule has 0 radical (unpaired) electrons. The zero-order chi connectivity index (χ0) is 14.5. The number of ketones is 1. The van der Waals surface area contributed by atoms with Crippen LogP contribution < -0.4 is 5.32 Å². The van der Waals surface area contributed by atoms with Crippen molar-refractivity contribution in [3.05, 3.63) is 54.1 Å². The first-order valence-electron chi connectivity index (χ1n) is 6.35. The number of carbonyl (C=O) groups excluding carboxylic acids is 1. The molecule has 1 N–H and O–H groups in total. The van der Waals surface area contributed by atoms with Crippen molar-refractivity contribution < 1.29 is 13.6 Å². The molecule has 2 aromatic rings. The van der Waals surface area contributed by atoms with E-state index in [1.807, 2.05) is 6.07 Å². The normalized spacial score (nSPS) is 10.3. The van der Waals surface area contributed by atoms with Crippen molar-refractivity contribution in [3.63, 3.8) is 0 Å². The zero-order valence-corrected chi connectivity index (χ0v) is 11.1. The molecule has 0 aliphatic carbocycles. The van der Waals surface area contributed by atoms with Gasteiger partial charge in [0, 0.05) is 30.3 Å². The quantitative estimate of drug-likeness (QED) is 0.892. The van der Waals surface area contributed by atoms with Crippen LogP contribution in [0.25, 0.3) is 11.1 Å². The predicted octanol–water partition coefficient (Wildman–Crippen LogP) is 4.02. The summed E-state index contributed by atoms with van der Waals surface area (Å²) in [6.45, 7) is 2.07. The first-order chi connectivity index (χ1) is 9.56. The van der Waals surface area contributed by atoms with Crippen molar-refractivity contribution in [2.24, 2.45) is 0 Å². The topological polar surface area (TPSA) is 29.1 Å². The van der Waals surface area contributed by atoms with Gasteiger partial charge in [0.05, 0.1) is 0 Å². The Morgan fingerprint density at radius 1 is 1.15 bits per heavy atom. The number of carbonyl (C=O) groups is 1. The molecule has 0 aliphatic rings. The fourth-order valence-corrected chi connectivity index (χ4v) is 1.90. The highest BCUT2D eigenvalue weighted by Crippen LogP contribution is 2.25. The van der Waals surface area contributed by atoms with Crippen molar-refractivity contribution in [3.8, 4) is 11.1 Å². The lowest BCUT2D eigenvalue weighted by atomic mass is 10.0. The SMILES string of the molecule is CC(=O)CCNc1cccc(-c2ccc(F)cc2F)c1. The second-order valence-corrected chi connectivity index (χ2v) is 4.58. The van der Waals surface area contributed by atoms with Crippen LogP contribution in [0.15, 0.2) is 42.5 Å². The monoisotopic (exact) mass is 275 g/mol. The van der Waals surface area contributed by atoms with Gasteiger partial charge in [-0.05, 0) is 36.8 Å². The van der Waals surface area contributed by atoms with Crippen LogP contribution in [0, 0.1) is 11.6 Å². The smallest absolute Gasteiger partial charge is 0.133 e. The number of anilines is 1. The molecule has 2 aromatic carbocycles. The van der Waals surface area contributed by atoms with E-state index in [0.29, 0.717) is 24.1 Å². The van der Waals surface area contributed by atoms with E-state index in [2.05, 4.69) is 5.32 Å². The number of benzene rings is 2. The first kappa shape index (κ1) is 14.2. The summed E-state index contributed by atoms with van der Waals surface area (Å²) in [7, 11) is 0. The van der Waals surface area contributed by atoms with Crippen LogP contribution in [-0.2, 0) is 4.79 Å². The maximum Gasteiger partial charge on any atom is 0.133 e. The first-order valence-corrected chi connectivity index (χ1v) is 6.35. The van der Waals surface area contributed by atoms with Gasteiger partial charge in [-0.2, -0.15) is 0 Å². The van der Waals surface area contributed by atoms with Crippen molar-refractivity contribution in [1.29, 1.82) is 0 Å². The Morgan fingerprint density at radius 2 is 1.95 bits per heavy atom. The highest BCUT2D eigenvalue weighted by molar-refractivity contribution is 5.76. The fourth-order valence-electron chi connectivity index (χ4n) is 1.90. The van der Waals surface area contributed by atoms with E-state index in [1.165, 1.54) is 19.1 Å². The molecule has 0 unspecified atom stereocenters. The van der Waals surface area contributed by atoms with E-state index in [-0.39, 0.29) is 5.78 Å². The summed E-state index contributed by atoms with van der Waals surface area (Å²) in [5.41, 5.74) is 1.81. The van der Waals surface area contributed by atoms with Crippen LogP contribution in [0.3, 0.4) is 0 Å². The van der Waals surface area contributed by atoms with Crippen LogP contribution >= 0.6 is 0 Å².